The predicted molar refractivity (Wildman–Crippen MR) is 63.5 cm³/mol. The van der Waals surface area contributed by atoms with E-state index in [1.807, 2.05) is 0 Å². The fourth-order valence-electron chi connectivity index (χ4n) is 1.67. The number of nitrogens with zero attached hydrogens (tertiary/aromatic N) is 2. The molecule has 1 heterocycles. The minimum absolute atomic E-state index is 0.127. The molecule has 7 heteroatoms. The van der Waals surface area contributed by atoms with Gasteiger partial charge in [0.15, 0.2) is 0 Å². The topological polar surface area (TPSA) is 85.4 Å². The first-order valence-corrected chi connectivity index (χ1v) is 5.29. The normalized spacial score (nSPS) is 10.4. The molecule has 0 saturated carbocycles. The molecule has 1 aromatic carbocycles. The summed E-state index contributed by atoms with van der Waals surface area (Å²) >= 11 is 0. The van der Waals surface area contributed by atoms with Gasteiger partial charge in [-0.1, -0.05) is 6.07 Å². The number of aromatic carboxylic acids is 1. The zero-order valence-electron chi connectivity index (χ0n) is 9.62. The third-order valence-electron chi connectivity index (χ3n) is 2.57. The number of hydrogen-bond donors (Lipinski definition) is 1. The number of nitro groups is 1. The molecule has 0 bridgehead atoms. The maximum absolute atomic E-state index is 13.4. The van der Waals surface area contributed by atoms with Crippen LogP contribution in [0.5, 0.6) is 0 Å². The summed E-state index contributed by atoms with van der Waals surface area (Å²) in [6.07, 6.45) is 2.95. The highest BCUT2D eigenvalue weighted by molar-refractivity contribution is 5.87. The highest BCUT2D eigenvalue weighted by Crippen LogP contribution is 2.18. The van der Waals surface area contributed by atoms with Gasteiger partial charge in [0.1, 0.15) is 0 Å². The number of benzene rings is 1. The lowest BCUT2D eigenvalue weighted by molar-refractivity contribution is -0.387. The first kappa shape index (κ1) is 12.7. The molecule has 0 saturated heterocycles. The van der Waals surface area contributed by atoms with E-state index in [2.05, 4.69) is 0 Å². The molecule has 6 nitrogen and oxygen atoms in total. The maximum atomic E-state index is 13.4. The number of nitro benzene ring substituents is 1. The molecule has 1 N–H and O–H groups in total. The number of aromatic nitrogens is 1. The Bertz CT molecular complexity index is 651. The molecule has 1 aromatic heterocycles. The van der Waals surface area contributed by atoms with E-state index in [9.17, 15) is 19.3 Å². The van der Waals surface area contributed by atoms with E-state index in [0.717, 1.165) is 12.1 Å². The molecule has 0 radical (unpaired) electrons. The van der Waals surface area contributed by atoms with Crippen LogP contribution in [-0.2, 0) is 6.54 Å². The molecule has 2 rings (SSSR count). The predicted octanol–water partition coefficient (Wildman–Crippen LogP) is 2.28. The second-order valence-electron chi connectivity index (χ2n) is 3.92. The van der Waals surface area contributed by atoms with Crippen LogP contribution in [0.3, 0.4) is 0 Å². The van der Waals surface area contributed by atoms with Gasteiger partial charge in [-0.15, -0.1) is 0 Å². The van der Waals surface area contributed by atoms with Crippen molar-refractivity contribution in [2.75, 3.05) is 0 Å². The monoisotopic (exact) mass is 264 g/mol. The van der Waals surface area contributed by atoms with E-state index < -0.39 is 22.4 Å². The van der Waals surface area contributed by atoms with E-state index in [4.69, 9.17) is 5.11 Å². The standard InChI is InChI=1S/C12H9FN2O4/c13-10-5-8(1-2-11(10)15(18)19)6-14-4-3-9(7-14)12(16)17/h1-5,7H,6H2,(H,16,17). The van der Waals surface area contributed by atoms with E-state index in [0.29, 0.717) is 5.56 Å². The number of halogens is 1. The van der Waals surface area contributed by atoms with Crippen LogP contribution < -0.4 is 0 Å². The van der Waals surface area contributed by atoms with Gasteiger partial charge in [-0.05, 0) is 17.7 Å². The van der Waals surface area contributed by atoms with Crippen LogP contribution in [0.25, 0.3) is 0 Å². The zero-order valence-corrected chi connectivity index (χ0v) is 9.62. The van der Waals surface area contributed by atoms with Crippen LogP contribution in [0, 0.1) is 15.9 Å². The lowest BCUT2D eigenvalue weighted by Gasteiger charge is -2.03. The third kappa shape index (κ3) is 2.76. The summed E-state index contributed by atoms with van der Waals surface area (Å²) < 4.78 is 15.0. The number of rotatable bonds is 4. The Morgan fingerprint density at radius 3 is 2.68 bits per heavy atom. The summed E-state index contributed by atoms with van der Waals surface area (Å²) in [7, 11) is 0. The van der Waals surface area contributed by atoms with Gasteiger partial charge in [-0.2, -0.15) is 4.39 Å². The summed E-state index contributed by atoms with van der Waals surface area (Å²) in [5, 5.41) is 19.2. The molecule has 0 atom stereocenters. The first-order chi connectivity index (χ1) is 8.97. The van der Waals surface area contributed by atoms with Crippen molar-refractivity contribution < 1.29 is 19.2 Å². The zero-order chi connectivity index (χ0) is 14.0. The quantitative estimate of drug-likeness (QED) is 0.678. The SMILES string of the molecule is O=C(O)c1ccn(Cc2ccc([N+](=O)[O-])c(F)c2)c1. The summed E-state index contributed by atoms with van der Waals surface area (Å²) in [4.78, 5) is 20.4. The van der Waals surface area contributed by atoms with Gasteiger partial charge in [-0.25, -0.2) is 4.79 Å². The fraction of sp³-hybridized carbons (Fsp3) is 0.0833. The maximum Gasteiger partial charge on any atom is 0.337 e. The lowest BCUT2D eigenvalue weighted by Crippen LogP contribution is -2.00. The minimum Gasteiger partial charge on any atom is -0.478 e. The van der Waals surface area contributed by atoms with Gasteiger partial charge in [0.05, 0.1) is 10.5 Å². The molecule has 0 unspecified atom stereocenters. The van der Waals surface area contributed by atoms with Crippen LogP contribution in [0.15, 0.2) is 36.7 Å². The van der Waals surface area contributed by atoms with Crippen LogP contribution in [0.1, 0.15) is 15.9 Å². The average molecular weight is 264 g/mol. The molecule has 0 spiro atoms. The summed E-state index contributed by atoms with van der Waals surface area (Å²) in [6.45, 7) is 0.238. The van der Waals surface area contributed by atoms with Crippen LogP contribution in [-0.4, -0.2) is 20.6 Å². The van der Waals surface area contributed by atoms with E-state index in [1.165, 1.54) is 18.3 Å². The van der Waals surface area contributed by atoms with Gasteiger partial charge < -0.3 is 9.67 Å². The Balaban J connectivity index is 2.21. The number of carboxylic acids is 1. The fourth-order valence-corrected chi connectivity index (χ4v) is 1.67. The Morgan fingerprint density at radius 1 is 1.42 bits per heavy atom. The van der Waals surface area contributed by atoms with Crippen molar-refractivity contribution in [3.05, 3.63) is 63.7 Å². The van der Waals surface area contributed by atoms with Gasteiger partial charge in [0.2, 0.25) is 5.82 Å². The van der Waals surface area contributed by atoms with Crippen molar-refractivity contribution >= 4 is 11.7 Å². The van der Waals surface area contributed by atoms with E-state index >= 15 is 0 Å². The molecular weight excluding hydrogens is 255 g/mol. The Kier molecular flexibility index (Phi) is 3.28. The van der Waals surface area contributed by atoms with Gasteiger partial charge in [-0.3, -0.25) is 10.1 Å². The van der Waals surface area contributed by atoms with E-state index in [-0.39, 0.29) is 12.1 Å². The minimum atomic E-state index is -1.05. The van der Waals surface area contributed by atoms with Gasteiger partial charge in [0, 0.05) is 25.0 Å². The molecule has 0 aliphatic heterocycles. The van der Waals surface area contributed by atoms with Crippen molar-refractivity contribution in [2.45, 2.75) is 6.54 Å². The van der Waals surface area contributed by atoms with E-state index in [1.54, 1.807) is 10.8 Å². The summed E-state index contributed by atoms with van der Waals surface area (Å²) in [5.41, 5.74) is 0.0560. The largest absolute Gasteiger partial charge is 0.478 e. The molecule has 98 valence electrons. The Labute approximate surface area is 106 Å². The second kappa shape index (κ2) is 4.89. The average Bonchev–Trinajstić information content (AvgIpc) is 2.77. The molecule has 0 aliphatic rings. The Hall–Kier alpha value is -2.70. The number of carboxylic acid groups (broad SMARTS) is 1. The van der Waals surface area contributed by atoms with Crippen molar-refractivity contribution in [1.29, 1.82) is 0 Å². The molecule has 19 heavy (non-hydrogen) atoms. The molecule has 2 aromatic rings. The highest BCUT2D eigenvalue weighted by atomic mass is 19.1. The number of carbonyl (C=O) groups is 1. The summed E-state index contributed by atoms with van der Waals surface area (Å²) in [5.74, 6) is -1.96. The van der Waals surface area contributed by atoms with Gasteiger partial charge in [0.25, 0.3) is 0 Å². The van der Waals surface area contributed by atoms with Crippen LogP contribution >= 0.6 is 0 Å². The lowest BCUT2D eigenvalue weighted by atomic mass is 10.2. The molecule has 0 fully saturated rings. The van der Waals surface area contributed by atoms with Gasteiger partial charge >= 0.3 is 11.7 Å². The van der Waals surface area contributed by atoms with Crippen molar-refractivity contribution in [3.63, 3.8) is 0 Å². The smallest absolute Gasteiger partial charge is 0.337 e. The Morgan fingerprint density at radius 2 is 2.16 bits per heavy atom. The molecule has 0 aliphatic carbocycles. The van der Waals surface area contributed by atoms with Crippen molar-refractivity contribution in [1.82, 2.24) is 4.57 Å². The second-order valence-corrected chi connectivity index (χ2v) is 3.92. The number of hydrogen-bond acceptors (Lipinski definition) is 3. The summed E-state index contributed by atoms with van der Waals surface area (Å²) in [6, 6.07) is 5.01. The van der Waals surface area contributed by atoms with Crippen LogP contribution in [0.2, 0.25) is 0 Å². The van der Waals surface area contributed by atoms with Crippen molar-refractivity contribution in [3.8, 4) is 0 Å². The first-order valence-electron chi connectivity index (χ1n) is 5.29. The molecule has 0 amide bonds. The molecular formula is C12H9FN2O4. The highest BCUT2D eigenvalue weighted by Gasteiger charge is 2.14. The van der Waals surface area contributed by atoms with Crippen molar-refractivity contribution in [2.24, 2.45) is 0 Å². The van der Waals surface area contributed by atoms with Crippen LogP contribution in [0.4, 0.5) is 10.1 Å². The third-order valence-corrected chi connectivity index (χ3v) is 2.57.